The van der Waals surface area contributed by atoms with Gasteiger partial charge in [-0.25, -0.2) is 4.39 Å². The van der Waals surface area contributed by atoms with Crippen molar-refractivity contribution in [3.8, 4) is 0 Å². The molecule has 110 valence electrons. The van der Waals surface area contributed by atoms with Crippen LogP contribution in [-0.4, -0.2) is 40.6 Å². The van der Waals surface area contributed by atoms with Crippen LogP contribution in [0.3, 0.4) is 0 Å². The molecule has 1 aliphatic heterocycles. The summed E-state index contributed by atoms with van der Waals surface area (Å²) in [5.74, 6) is 0.00506. The summed E-state index contributed by atoms with van der Waals surface area (Å²) in [6, 6.07) is 2.85. The van der Waals surface area contributed by atoms with Gasteiger partial charge in [0.1, 0.15) is 5.82 Å². The van der Waals surface area contributed by atoms with Crippen LogP contribution in [0, 0.1) is 11.7 Å². The molecule has 1 unspecified atom stereocenters. The van der Waals surface area contributed by atoms with E-state index in [2.05, 4.69) is 4.98 Å². The Balaban J connectivity index is 1.91. The first-order valence-corrected chi connectivity index (χ1v) is 7.18. The Morgan fingerprint density at radius 1 is 1.45 bits per heavy atom. The standard InChI is InChI=1S/C15H21FN2O2/c16-13-4-1-7-17-14(13)11-15(20)18-8-2-3-12(5-9-18)6-10-19/h1,4,7,12,19H,2-3,5-6,8-11H2. The third-order valence-electron chi connectivity index (χ3n) is 3.89. The highest BCUT2D eigenvalue weighted by atomic mass is 19.1. The fourth-order valence-corrected chi connectivity index (χ4v) is 2.69. The normalized spacial score (nSPS) is 19.7. The third kappa shape index (κ3) is 4.00. The van der Waals surface area contributed by atoms with Crippen LogP contribution in [0.4, 0.5) is 4.39 Å². The lowest BCUT2D eigenvalue weighted by atomic mass is 9.98. The number of amides is 1. The number of hydrogen-bond acceptors (Lipinski definition) is 3. The topological polar surface area (TPSA) is 53.4 Å². The molecule has 1 amide bonds. The van der Waals surface area contributed by atoms with Gasteiger partial charge in [0.25, 0.3) is 0 Å². The molecule has 4 nitrogen and oxygen atoms in total. The Labute approximate surface area is 118 Å². The molecule has 0 aliphatic carbocycles. The molecule has 2 rings (SSSR count). The van der Waals surface area contributed by atoms with E-state index in [0.29, 0.717) is 12.5 Å². The van der Waals surface area contributed by atoms with E-state index in [4.69, 9.17) is 5.11 Å². The minimum absolute atomic E-state index is 0.0251. The highest BCUT2D eigenvalue weighted by Gasteiger charge is 2.21. The van der Waals surface area contributed by atoms with Gasteiger partial charge in [-0.05, 0) is 43.7 Å². The number of carbonyl (C=O) groups excluding carboxylic acids is 1. The van der Waals surface area contributed by atoms with Crippen LogP contribution in [0.1, 0.15) is 31.4 Å². The van der Waals surface area contributed by atoms with E-state index in [9.17, 15) is 9.18 Å². The summed E-state index contributed by atoms with van der Waals surface area (Å²) >= 11 is 0. The van der Waals surface area contributed by atoms with Gasteiger partial charge >= 0.3 is 0 Å². The summed E-state index contributed by atoms with van der Waals surface area (Å²) in [7, 11) is 0. The van der Waals surface area contributed by atoms with Crippen LogP contribution in [0.2, 0.25) is 0 Å². The number of nitrogens with zero attached hydrogens (tertiary/aromatic N) is 2. The van der Waals surface area contributed by atoms with Gasteiger partial charge in [0.15, 0.2) is 0 Å². The lowest BCUT2D eigenvalue weighted by molar-refractivity contribution is -0.130. The summed E-state index contributed by atoms with van der Waals surface area (Å²) in [6.07, 6.45) is 5.24. The Hall–Kier alpha value is -1.49. The quantitative estimate of drug-likeness (QED) is 0.914. The van der Waals surface area contributed by atoms with E-state index in [0.717, 1.165) is 32.2 Å². The number of hydrogen-bond donors (Lipinski definition) is 1. The van der Waals surface area contributed by atoms with Crippen LogP contribution in [0.25, 0.3) is 0 Å². The van der Waals surface area contributed by atoms with Gasteiger partial charge in [-0.1, -0.05) is 0 Å². The van der Waals surface area contributed by atoms with Crippen molar-refractivity contribution in [1.29, 1.82) is 0 Å². The second-order valence-electron chi connectivity index (χ2n) is 5.30. The number of rotatable bonds is 4. The smallest absolute Gasteiger partial charge is 0.228 e. The Morgan fingerprint density at radius 2 is 2.30 bits per heavy atom. The molecular formula is C15H21FN2O2. The van der Waals surface area contributed by atoms with Gasteiger partial charge < -0.3 is 10.0 Å². The molecule has 0 saturated carbocycles. The zero-order valence-electron chi connectivity index (χ0n) is 11.6. The molecule has 20 heavy (non-hydrogen) atoms. The molecule has 0 bridgehead atoms. The van der Waals surface area contributed by atoms with E-state index in [1.165, 1.54) is 18.3 Å². The van der Waals surface area contributed by atoms with Crippen LogP contribution < -0.4 is 0 Å². The predicted octanol–water partition coefficient (Wildman–Crippen LogP) is 1.77. The summed E-state index contributed by atoms with van der Waals surface area (Å²) < 4.78 is 13.5. The van der Waals surface area contributed by atoms with E-state index < -0.39 is 5.82 Å². The second-order valence-corrected chi connectivity index (χ2v) is 5.30. The highest BCUT2D eigenvalue weighted by molar-refractivity contribution is 5.78. The van der Waals surface area contributed by atoms with Crippen LogP contribution >= 0.6 is 0 Å². The molecule has 2 heterocycles. The highest BCUT2D eigenvalue weighted by Crippen LogP contribution is 2.20. The molecule has 1 fully saturated rings. The van der Waals surface area contributed by atoms with Crippen molar-refractivity contribution in [3.63, 3.8) is 0 Å². The molecule has 1 saturated heterocycles. The van der Waals surface area contributed by atoms with E-state index in [1.807, 2.05) is 0 Å². The number of aliphatic hydroxyl groups excluding tert-OH is 1. The minimum Gasteiger partial charge on any atom is -0.396 e. The summed E-state index contributed by atoms with van der Waals surface area (Å²) in [5.41, 5.74) is 0.216. The number of pyridine rings is 1. The van der Waals surface area contributed by atoms with Crippen LogP contribution in [-0.2, 0) is 11.2 Å². The zero-order valence-corrected chi connectivity index (χ0v) is 11.6. The first-order valence-electron chi connectivity index (χ1n) is 7.18. The Morgan fingerprint density at radius 3 is 3.05 bits per heavy atom. The molecule has 1 aliphatic rings. The fraction of sp³-hybridized carbons (Fsp3) is 0.600. The minimum atomic E-state index is -0.422. The van der Waals surface area contributed by atoms with E-state index in [1.54, 1.807) is 4.90 Å². The van der Waals surface area contributed by atoms with Crippen molar-refractivity contribution in [2.75, 3.05) is 19.7 Å². The van der Waals surface area contributed by atoms with Crippen LogP contribution in [0.15, 0.2) is 18.3 Å². The number of halogens is 1. The summed E-state index contributed by atoms with van der Waals surface area (Å²) in [5, 5.41) is 8.98. The number of likely N-dealkylation sites (tertiary alicyclic amines) is 1. The average molecular weight is 280 g/mol. The molecule has 1 aromatic rings. The van der Waals surface area contributed by atoms with Gasteiger partial charge in [0, 0.05) is 25.9 Å². The predicted molar refractivity (Wildman–Crippen MR) is 73.5 cm³/mol. The van der Waals surface area contributed by atoms with Gasteiger partial charge in [0.05, 0.1) is 12.1 Å². The summed E-state index contributed by atoms with van der Waals surface area (Å²) in [4.78, 5) is 17.9. The molecule has 1 N–H and O–H groups in total. The van der Waals surface area contributed by atoms with E-state index in [-0.39, 0.29) is 24.6 Å². The van der Waals surface area contributed by atoms with E-state index >= 15 is 0 Å². The number of aromatic nitrogens is 1. The van der Waals surface area contributed by atoms with Crippen molar-refractivity contribution in [1.82, 2.24) is 9.88 Å². The van der Waals surface area contributed by atoms with Crippen molar-refractivity contribution >= 4 is 5.91 Å². The maximum atomic E-state index is 13.5. The second kappa shape index (κ2) is 7.33. The maximum absolute atomic E-state index is 13.5. The van der Waals surface area contributed by atoms with Crippen molar-refractivity contribution in [2.45, 2.75) is 32.1 Å². The zero-order chi connectivity index (χ0) is 14.4. The molecule has 5 heteroatoms. The average Bonchev–Trinajstić information content (AvgIpc) is 2.67. The first-order chi connectivity index (χ1) is 9.70. The fourth-order valence-electron chi connectivity index (χ4n) is 2.69. The SMILES string of the molecule is O=C(Cc1ncccc1F)N1CCCC(CCO)CC1. The number of carbonyl (C=O) groups is 1. The number of aliphatic hydroxyl groups is 1. The molecule has 0 radical (unpaired) electrons. The lowest BCUT2D eigenvalue weighted by Crippen LogP contribution is -2.33. The largest absolute Gasteiger partial charge is 0.396 e. The molecule has 1 aromatic heterocycles. The van der Waals surface area contributed by atoms with Crippen LogP contribution in [0.5, 0.6) is 0 Å². The van der Waals surface area contributed by atoms with Crippen molar-refractivity contribution in [2.24, 2.45) is 5.92 Å². The summed E-state index contributed by atoms with van der Waals surface area (Å²) in [6.45, 7) is 1.62. The maximum Gasteiger partial charge on any atom is 0.228 e. The van der Waals surface area contributed by atoms with Crippen molar-refractivity contribution < 1.29 is 14.3 Å². The molecule has 1 atom stereocenters. The Kier molecular flexibility index (Phi) is 5.47. The molecular weight excluding hydrogens is 259 g/mol. The van der Waals surface area contributed by atoms with Crippen molar-refractivity contribution in [3.05, 3.63) is 29.8 Å². The van der Waals surface area contributed by atoms with Gasteiger partial charge in [-0.3, -0.25) is 9.78 Å². The molecule has 0 aromatic carbocycles. The molecule has 0 spiro atoms. The lowest BCUT2D eigenvalue weighted by Gasteiger charge is -2.20. The van der Waals surface area contributed by atoms with Gasteiger partial charge in [-0.2, -0.15) is 0 Å². The van der Waals surface area contributed by atoms with Gasteiger partial charge in [-0.15, -0.1) is 0 Å². The first kappa shape index (κ1) is 14.9. The third-order valence-corrected chi connectivity index (χ3v) is 3.89. The van der Waals surface area contributed by atoms with Gasteiger partial charge in [0.2, 0.25) is 5.91 Å². The Bertz CT molecular complexity index is 453. The monoisotopic (exact) mass is 280 g/mol.